The molecule has 9 heteroatoms. The fraction of sp³-hybridized carbons (Fsp3) is 0.321. The summed E-state index contributed by atoms with van der Waals surface area (Å²) in [5, 5.41) is 4.52. The van der Waals surface area contributed by atoms with Gasteiger partial charge in [0.05, 0.1) is 11.5 Å². The van der Waals surface area contributed by atoms with E-state index in [2.05, 4.69) is 5.32 Å². The van der Waals surface area contributed by atoms with Gasteiger partial charge in [0.25, 0.3) is 5.78 Å². The Bertz CT molecular complexity index is 1380. The van der Waals surface area contributed by atoms with Crippen molar-refractivity contribution < 1.29 is 27.5 Å². The van der Waals surface area contributed by atoms with Gasteiger partial charge in [-0.3, -0.25) is 9.59 Å². The molecule has 1 amide bonds. The van der Waals surface area contributed by atoms with Gasteiger partial charge in [-0.15, -0.1) is 0 Å². The number of fused-ring (bicyclic) bond motifs is 1. The highest BCUT2D eigenvalue weighted by atomic mass is 32.2. The van der Waals surface area contributed by atoms with Crippen LogP contribution in [-0.4, -0.2) is 56.1 Å². The lowest BCUT2D eigenvalue weighted by molar-refractivity contribution is -0.154. The monoisotopic (exact) mass is 522 g/mol. The Morgan fingerprint density at radius 3 is 2.27 bits per heavy atom. The highest BCUT2D eigenvalue weighted by Gasteiger charge is 2.35. The number of nitrogens with one attached hydrogen (secondary N) is 1. The number of piperidine rings is 1. The van der Waals surface area contributed by atoms with Gasteiger partial charge in [0.1, 0.15) is 6.04 Å². The van der Waals surface area contributed by atoms with Gasteiger partial charge in [-0.2, -0.15) is 4.31 Å². The number of ketones is 1. The van der Waals surface area contributed by atoms with Crippen LogP contribution in [0.4, 0.5) is 0 Å². The second-order valence-electron chi connectivity index (χ2n) is 9.02. The molecule has 1 fully saturated rings. The maximum absolute atomic E-state index is 13.2. The molecule has 194 valence electrons. The Kier molecular flexibility index (Phi) is 8.35. The molecule has 1 unspecified atom stereocenters. The van der Waals surface area contributed by atoms with Gasteiger partial charge in [-0.1, -0.05) is 60.7 Å². The van der Waals surface area contributed by atoms with Crippen LogP contribution < -0.4 is 5.32 Å². The largest absolute Gasteiger partial charge is 0.460 e. The minimum absolute atomic E-state index is 0.0563. The van der Waals surface area contributed by atoms with Crippen LogP contribution in [0.2, 0.25) is 0 Å². The molecule has 3 aromatic carbocycles. The zero-order chi connectivity index (χ0) is 26.4. The molecular weight excluding hydrogens is 492 g/mol. The highest BCUT2D eigenvalue weighted by molar-refractivity contribution is 7.89. The van der Waals surface area contributed by atoms with Gasteiger partial charge in [0.2, 0.25) is 15.9 Å². The van der Waals surface area contributed by atoms with Crippen molar-refractivity contribution >= 4 is 38.5 Å². The maximum Gasteiger partial charge on any atom is 0.376 e. The van der Waals surface area contributed by atoms with Crippen LogP contribution in [0.25, 0.3) is 10.8 Å². The van der Waals surface area contributed by atoms with E-state index in [-0.39, 0.29) is 36.9 Å². The van der Waals surface area contributed by atoms with E-state index in [1.165, 1.54) is 4.31 Å². The number of nitrogens with zero attached hydrogens (tertiary/aromatic N) is 1. The SMILES string of the molecule is CCOC(=O)C(=O)C(Cc1ccccc1)NC(=O)C1CCN(S(=O)(=O)c2ccc3ccccc3c2)CC1. The van der Waals surface area contributed by atoms with Crippen molar-refractivity contribution in [3.05, 3.63) is 78.4 Å². The third-order valence-corrected chi connectivity index (χ3v) is 8.47. The summed E-state index contributed by atoms with van der Waals surface area (Å²) in [6.45, 7) is 2.03. The van der Waals surface area contributed by atoms with Crippen LogP contribution >= 0.6 is 0 Å². The van der Waals surface area contributed by atoms with Crippen molar-refractivity contribution in [3.63, 3.8) is 0 Å². The first-order chi connectivity index (χ1) is 17.8. The number of benzene rings is 3. The molecule has 0 bridgehead atoms. The molecule has 1 heterocycles. The molecule has 0 aliphatic carbocycles. The molecule has 1 N–H and O–H groups in total. The summed E-state index contributed by atoms with van der Waals surface area (Å²) in [5.41, 5.74) is 0.793. The van der Waals surface area contributed by atoms with Gasteiger partial charge >= 0.3 is 5.97 Å². The molecule has 1 atom stereocenters. The number of carbonyl (C=O) groups excluding carboxylic acids is 3. The molecule has 0 radical (unpaired) electrons. The van der Waals surface area contributed by atoms with Crippen LogP contribution in [0.15, 0.2) is 77.7 Å². The number of ether oxygens (including phenoxy) is 1. The predicted molar refractivity (Wildman–Crippen MR) is 139 cm³/mol. The Labute approximate surface area is 216 Å². The van der Waals surface area contributed by atoms with Crippen LogP contribution in [0.1, 0.15) is 25.3 Å². The van der Waals surface area contributed by atoms with Crippen LogP contribution in [0, 0.1) is 5.92 Å². The Balaban J connectivity index is 1.42. The molecule has 1 aliphatic heterocycles. The Hall–Kier alpha value is -3.56. The maximum atomic E-state index is 13.2. The van der Waals surface area contributed by atoms with Crippen molar-refractivity contribution in [1.29, 1.82) is 0 Å². The number of sulfonamides is 1. The molecule has 0 saturated carbocycles. The van der Waals surface area contributed by atoms with E-state index in [1.54, 1.807) is 25.1 Å². The smallest absolute Gasteiger partial charge is 0.376 e. The molecule has 8 nitrogen and oxygen atoms in total. The quantitative estimate of drug-likeness (QED) is 0.342. The van der Waals surface area contributed by atoms with Crippen molar-refractivity contribution in [1.82, 2.24) is 9.62 Å². The minimum atomic E-state index is -3.71. The van der Waals surface area contributed by atoms with E-state index in [4.69, 9.17) is 4.74 Å². The van der Waals surface area contributed by atoms with Crippen molar-refractivity contribution in [3.8, 4) is 0 Å². The first kappa shape index (κ1) is 26.5. The summed E-state index contributed by atoms with van der Waals surface area (Å²) in [6.07, 6.45) is 0.772. The topological polar surface area (TPSA) is 110 Å². The summed E-state index contributed by atoms with van der Waals surface area (Å²) < 4.78 is 32.7. The standard InChI is InChI=1S/C28H30N2O6S/c1-2-36-28(33)26(31)25(18-20-8-4-3-5-9-20)29-27(32)22-14-16-30(17-15-22)37(34,35)24-13-12-21-10-6-7-11-23(21)19-24/h3-13,19,22,25H,2,14-18H2,1H3,(H,29,32). The Morgan fingerprint density at radius 1 is 0.946 bits per heavy atom. The molecule has 1 aliphatic rings. The third kappa shape index (κ3) is 6.23. The predicted octanol–water partition coefficient (Wildman–Crippen LogP) is 3.10. The van der Waals surface area contributed by atoms with Gasteiger partial charge in [-0.25, -0.2) is 13.2 Å². The molecule has 37 heavy (non-hydrogen) atoms. The third-order valence-electron chi connectivity index (χ3n) is 6.58. The van der Waals surface area contributed by atoms with E-state index in [9.17, 15) is 22.8 Å². The first-order valence-electron chi connectivity index (χ1n) is 12.3. The second kappa shape index (κ2) is 11.7. The van der Waals surface area contributed by atoms with Gasteiger partial charge < -0.3 is 10.1 Å². The number of Topliss-reactive ketones (excluding diaryl/α,β-unsaturated/α-hetero) is 1. The van der Waals surface area contributed by atoms with Gasteiger partial charge in [0.15, 0.2) is 0 Å². The van der Waals surface area contributed by atoms with E-state index < -0.39 is 33.7 Å². The highest BCUT2D eigenvalue weighted by Crippen LogP contribution is 2.26. The van der Waals surface area contributed by atoms with E-state index in [1.807, 2.05) is 54.6 Å². The first-order valence-corrected chi connectivity index (χ1v) is 13.8. The number of rotatable bonds is 9. The number of hydrogen-bond donors (Lipinski definition) is 1. The van der Waals surface area contributed by atoms with Gasteiger partial charge in [-0.05, 0) is 48.2 Å². The lowest BCUT2D eigenvalue weighted by Crippen LogP contribution is -2.50. The molecule has 1 saturated heterocycles. The molecule has 3 aromatic rings. The van der Waals surface area contributed by atoms with Crippen LogP contribution in [0.3, 0.4) is 0 Å². The minimum Gasteiger partial charge on any atom is -0.460 e. The normalized spacial score (nSPS) is 15.7. The average molecular weight is 523 g/mol. The zero-order valence-corrected chi connectivity index (χ0v) is 21.4. The number of carbonyl (C=O) groups is 3. The van der Waals surface area contributed by atoms with Crippen LogP contribution in [0.5, 0.6) is 0 Å². The molecular formula is C28H30N2O6S. The number of esters is 1. The summed E-state index contributed by atoms with van der Waals surface area (Å²) >= 11 is 0. The van der Waals surface area contributed by atoms with Crippen molar-refractivity contribution in [2.45, 2.75) is 37.1 Å². The van der Waals surface area contributed by atoms with E-state index in [0.29, 0.717) is 12.8 Å². The van der Waals surface area contributed by atoms with Crippen molar-refractivity contribution in [2.24, 2.45) is 5.92 Å². The number of amides is 1. The summed E-state index contributed by atoms with van der Waals surface area (Å²) in [4.78, 5) is 38.1. The summed E-state index contributed by atoms with van der Waals surface area (Å²) in [6, 6.07) is 20.6. The molecule has 0 spiro atoms. The molecule has 0 aromatic heterocycles. The van der Waals surface area contributed by atoms with Crippen LogP contribution in [-0.2, 0) is 35.6 Å². The average Bonchev–Trinajstić information content (AvgIpc) is 2.92. The zero-order valence-electron chi connectivity index (χ0n) is 20.6. The fourth-order valence-electron chi connectivity index (χ4n) is 4.53. The molecule has 4 rings (SSSR count). The van der Waals surface area contributed by atoms with Crippen molar-refractivity contribution in [2.75, 3.05) is 19.7 Å². The second-order valence-corrected chi connectivity index (χ2v) is 11.0. The summed E-state index contributed by atoms with van der Waals surface area (Å²) in [7, 11) is -3.71. The fourth-order valence-corrected chi connectivity index (χ4v) is 6.03. The number of hydrogen-bond acceptors (Lipinski definition) is 6. The van der Waals surface area contributed by atoms with Gasteiger partial charge in [0, 0.05) is 25.4 Å². The Morgan fingerprint density at radius 2 is 1.59 bits per heavy atom. The summed E-state index contributed by atoms with van der Waals surface area (Å²) in [5.74, 6) is -2.65. The lowest BCUT2D eigenvalue weighted by Gasteiger charge is -2.31. The lowest BCUT2D eigenvalue weighted by atomic mass is 9.95. The van der Waals surface area contributed by atoms with E-state index in [0.717, 1.165) is 16.3 Å². The van der Waals surface area contributed by atoms with E-state index >= 15 is 0 Å².